The first-order valence-electron chi connectivity index (χ1n) is 9.91. The van der Waals surface area contributed by atoms with E-state index in [0.717, 1.165) is 10.5 Å². The second-order valence-corrected chi connectivity index (χ2v) is 7.90. The molecule has 0 spiro atoms. The van der Waals surface area contributed by atoms with Crippen LogP contribution in [0.1, 0.15) is 16.7 Å². The lowest BCUT2D eigenvalue weighted by Gasteiger charge is -2.05. The number of ether oxygens (including phenoxy) is 2. The zero-order valence-corrected chi connectivity index (χ0v) is 19.0. The minimum atomic E-state index is -0.689. The van der Waals surface area contributed by atoms with E-state index in [2.05, 4.69) is 20.9 Å². The van der Waals surface area contributed by atoms with Crippen LogP contribution in [0, 0.1) is 10.1 Å². The van der Waals surface area contributed by atoms with E-state index in [1.165, 1.54) is 30.4 Å². The summed E-state index contributed by atoms with van der Waals surface area (Å²) >= 11 is 3.35. The predicted octanol–water partition coefficient (Wildman–Crippen LogP) is 5.32. The van der Waals surface area contributed by atoms with Gasteiger partial charge in [0.05, 0.1) is 4.92 Å². The maximum atomic E-state index is 12.3. The molecule has 0 saturated heterocycles. The molecule has 1 aliphatic rings. The number of nitro groups is 1. The van der Waals surface area contributed by atoms with Crippen molar-refractivity contribution in [1.82, 2.24) is 0 Å². The number of hydrogen-bond donors (Lipinski definition) is 0. The molecule has 0 unspecified atom stereocenters. The first-order chi connectivity index (χ1) is 16.4. The van der Waals surface area contributed by atoms with Crippen LogP contribution in [0.25, 0.3) is 12.2 Å². The Morgan fingerprint density at radius 1 is 1.06 bits per heavy atom. The third kappa shape index (κ3) is 5.51. The number of aliphatic imine (C=N–C) groups is 1. The molecule has 0 atom stereocenters. The Morgan fingerprint density at radius 2 is 1.82 bits per heavy atom. The number of hydrogen-bond acceptors (Lipinski definition) is 7. The Morgan fingerprint density at radius 3 is 2.59 bits per heavy atom. The average Bonchev–Trinajstić information content (AvgIpc) is 3.19. The van der Waals surface area contributed by atoms with Crippen molar-refractivity contribution in [1.29, 1.82) is 0 Å². The van der Waals surface area contributed by atoms with Gasteiger partial charge in [0, 0.05) is 33.8 Å². The number of nitro benzene ring substituents is 1. The molecule has 0 amide bonds. The van der Waals surface area contributed by atoms with Gasteiger partial charge in [-0.2, -0.15) is 0 Å². The van der Waals surface area contributed by atoms with E-state index in [1.807, 2.05) is 12.1 Å². The number of benzene rings is 3. The molecular formula is C25H15BrN2O6. The standard InChI is InChI=1S/C25H15BrN2O6/c26-19-11-9-17(10-12-19)24-27-21(25(30)34-24)15-18-5-1-2-7-22(18)33-23(29)13-8-16-4-3-6-20(14-16)28(31)32/h1-15H/b13-8+,21-15-. The smallest absolute Gasteiger partial charge is 0.363 e. The summed E-state index contributed by atoms with van der Waals surface area (Å²) < 4.78 is 11.6. The van der Waals surface area contributed by atoms with Gasteiger partial charge in [0.1, 0.15) is 5.75 Å². The fourth-order valence-electron chi connectivity index (χ4n) is 3.01. The maximum absolute atomic E-state index is 12.3. The highest BCUT2D eigenvalue weighted by molar-refractivity contribution is 9.10. The number of halogens is 1. The van der Waals surface area contributed by atoms with E-state index in [-0.39, 0.29) is 23.0 Å². The molecule has 1 aliphatic heterocycles. The van der Waals surface area contributed by atoms with Gasteiger partial charge in [-0.25, -0.2) is 14.6 Å². The lowest BCUT2D eigenvalue weighted by atomic mass is 10.1. The highest BCUT2D eigenvalue weighted by Crippen LogP contribution is 2.25. The average molecular weight is 519 g/mol. The first kappa shape index (κ1) is 22.8. The van der Waals surface area contributed by atoms with Crippen molar-refractivity contribution in [2.24, 2.45) is 4.99 Å². The van der Waals surface area contributed by atoms with Gasteiger partial charge >= 0.3 is 11.9 Å². The van der Waals surface area contributed by atoms with E-state index in [9.17, 15) is 19.7 Å². The summed E-state index contributed by atoms with van der Waals surface area (Å²) in [6.07, 6.45) is 4.05. The Hall–Kier alpha value is -4.37. The number of esters is 2. The second kappa shape index (κ2) is 10.1. The Labute approximate surface area is 202 Å². The number of carbonyl (C=O) groups is 2. The molecule has 0 aliphatic carbocycles. The zero-order chi connectivity index (χ0) is 24.1. The molecule has 0 aromatic heterocycles. The van der Waals surface area contributed by atoms with Crippen LogP contribution in [0.3, 0.4) is 0 Å². The van der Waals surface area contributed by atoms with Crippen LogP contribution in [0.15, 0.2) is 94.0 Å². The number of nitrogens with zero attached hydrogens (tertiary/aromatic N) is 2. The van der Waals surface area contributed by atoms with Crippen LogP contribution in [0.5, 0.6) is 5.75 Å². The molecule has 0 bridgehead atoms. The highest BCUT2D eigenvalue weighted by Gasteiger charge is 2.24. The summed E-state index contributed by atoms with van der Waals surface area (Å²) in [6.45, 7) is 0. The van der Waals surface area contributed by atoms with Gasteiger partial charge in [0.15, 0.2) is 5.70 Å². The topological polar surface area (TPSA) is 108 Å². The molecule has 0 fully saturated rings. The van der Waals surface area contributed by atoms with Crippen molar-refractivity contribution in [2.75, 3.05) is 0 Å². The molecule has 3 aromatic rings. The van der Waals surface area contributed by atoms with Gasteiger partial charge in [0.2, 0.25) is 5.90 Å². The quantitative estimate of drug-likeness (QED) is 0.143. The molecule has 0 saturated carbocycles. The van der Waals surface area contributed by atoms with Crippen molar-refractivity contribution < 1.29 is 24.0 Å². The van der Waals surface area contributed by atoms with E-state index in [4.69, 9.17) is 9.47 Å². The summed E-state index contributed by atoms with van der Waals surface area (Å²) in [5.74, 6) is -0.920. The molecular weight excluding hydrogens is 504 g/mol. The SMILES string of the molecule is O=C(/C=C/c1cccc([N+](=O)[O-])c1)Oc1ccccc1/C=C1\N=C(c2ccc(Br)cc2)OC1=O. The number of carbonyl (C=O) groups excluding carboxylic acids is 2. The highest BCUT2D eigenvalue weighted by atomic mass is 79.9. The van der Waals surface area contributed by atoms with E-state index in [0.29, 0.717) is 16.7 Å². The fraction of sp³-hybridized carbons (Fsp3) is 0. The molecule has 168 valence electrons. The minimum absolute atomic E-state index is 0.0635. The fourth-order valence-corrected chi connectivity index (χ4v) is 3.28. The van der Waals surface area contributed by atoms with Crippen molar-refractivity contribution in [3.8, 4) is 5.75 Å². The minimum Gasteiger partial charge on any atom is -0.423 e. The zero-order valence-electron chi connectivity index (χ0n) is 17.4. The number of para-hydroxylation sites is 1. The van der Waals surface area contributed by atoms with Gasteiger partial charge in [-0.05, 0) is 48.0 Å². The first-order valence-corrected chi connectivity index (χ1v) is 10.7. The molecule has 1 heterocycles. The molecule has 3 aromatic carbocycles. The molecule has 0 N–H and O–H groups in total. The van der Waals surface area contributed by atoms with Gasteiger partial charge in [-0.1, -0.05) is 46.3 Å². The summed E-state index contributed by atoms with van der Waals surface area (Å²) in [6, 6.07) is 19.6. The van der Waals surface area contributed by atoms with Crippen LogP contribution in [0.2, 0.25) is 0 Å². The summed E-state index contributed by atoms with van der Waals surface area (Å²) in [5.41, 5.74) is 1.55. The Kier molecular flexibility index (Phi) is 6.74. The van der Waals surface area contributed by atoms with E-state index < -0.39 is 16.9 Å². The third-order valence-electron chi connectivity index (χ3n) is 4.63. The lowest BCUT2D eigenvalue weighted by molar-refractivity contribution is -0.384. The van der Waals surface area contributed by atoms with Gasteiger partial charge in [-0.3, -0.25) is 10.1 Å². The summed E-state index contributed by atoms with van der Waals surface area (Å²) in [4.78, 5) is 39.3. The summed E-state index contributed by atoms with van der Waals surface area (Å²) in [5, 5.41) is 10.9. The van der Waals surface area contributed by atoms with Gasteiger partial charge in [0.25, 0.3) is 5.69 Å². The van der Waals surface area contributed by atoms with E-state index in [1.54, 1.807) is 42.5 Å². The maximum Gasteiger partial charge on any atom is 0.363 e. The Bertz CT molecular complexity index is 1380. The third-order valence-corrected chi connectivity index (χ3v) is 5.16. The number of non-ortho nitro benzene ring substituents is 1. The van der Waals surface area contributed by atoms with E-state index >= 15 is 0 Å². The molecule has 8 nitrogen and oxygen atoms in total. The van der Waals surface area contributed by atoms with Crippen molar-refractivity contribution in [3.05, 3.63) is 116 Å². The van der Waals surface area contributed by atoms with Crippen molar-refractivity contribution in [2.45, 2.75) is 0 Å². The molecule has 4 rings (SSSR count). The van der Waals surface area contributed by atoms with Gasteiger partial charge < -0.3 is 9.47 Å². The number of rotatable bonds is 6. The lowest BCUT2D eigenvalue weighted by Crippen LogP contribution is -2.06. The largest absolute Gasteiger partial charge is 0.423 e. The van der Waals surface area contributed by atoms with Crippen molar-refractivity contribution in [3.63, 3.8) is 0 Å². The normalized spacial score (nSPS) is 14.2. The van der Waals surface area contributed by atoms with Gasteiger partial charge in [-0.15, -0.1) is 0 Å². The Balaban J connectivity index is 1.53. The molecule has 9 heteroatoms. The van der Waals surface area contributed by atoms with Crippen LogP contribution >= 0.6 is 15.9 Å². The summed E-state index contributed by atoms with van der Waals surface area (Å²) in [7, 11) is 0. The van der Waals surface area contributed by atoms with Crippen LogP contribution < -0.4 is 4.74 Å². The van der Waals surface area contributed by atoms with Crippen LogP contribution in [0.4, 0.5) is 5.69 Å². The molecule has 0 radical (unpaired) electrons. The second-order valence-electron chi connectivity index (χ2n) is 6.99. The number of cyclic esters (lactones) is 1. The van der Waals surface area contributed by atoms with Crippen LogP contribution in [-0.2, 0) is 14.3 Å². The molecule has 34 heavy (non-hydrogen) atoms. The van der Waals surface area contributed by atoms with Crippen LogP contribution in [-0.4, -0.2) is 22.8 Å². The predicted molar refractivity (Wildman–Crippen MR) is 129 cm³/mol. The monoisotopic (exact) mass is 518 g/mol. The van der Waals surface area contributed by atoms with Crippen molar-refractivity contribution >= 4 is 51.6 Å².